The zero-order valence-electron chi connectivity index (χ0n) is 15.9. The lowest BCUT2D eigenvalue weighted by molar-refractivity contribution is 0.296. The highest BCUT2D eigenvalue weighted by Crippen LogP contribution is 2.33. The molecule has 3 aromatic rings. The molecule has 0 saturated heterocycles. The number of anilines is 1. The Balaban J connectivity index is 1.50. The van der Waals surface area contributed by atoms with Gasteiger partial charge in [0.1, 0.15) is 11.6 Å². The molecule has 0 atom stereocenters. The van der Waals surface area contributed by atoms with E-state index in [9.17, 15) is 4.79 Å². The number of benzene rings is 1. The van der Waals surface area contributed by atoms with Crippen LogP contribution in [-0.4, -0.2) is 28.2 Å². The molecule has 2 N–H and O–H groups in total. The van der Waals surface area contributed by atoms with Gasteiger partial charge >= 0.3 is 0 Å². The van der Waals surface area contributed by atoms with Gasteiger partial charge in [-0.1, -0.05) is 12.1 Å². The van der Waals surface area contributed by atoms with Crippen LogP contribution in [0.2, 0.25) is 0 Å². The van der Waals surface area contributed by atoms with Crippen LogP contribution in [0.5, 0.6) is 11.5 Å². The van der Waals surface area contributed by atoms with E-state index in [0.717, 1.165) is 34.9 Å². The van der Waals surface area contributed by atoms with Crippen molar-refractivity contribution in [1.82, 2.24) is 15.0 Å². The maximum Gasteiger partial charge on any atom is 0.254 e. The van der Waals surface area contributed by atoms with Crippen molar-refractivity contribution in [2.75, 3.05) is 18.5 Å². The summed E-state index contributed by atoms with van der Waals surface area (Å²) in [5, 5.41) is 3.30. The summed E-state index contributed by atoms with van der Waals surface area (Å²) >= 11 is 0. The number of aromatic nitrogens is 3. The van der Waals surface area contributed by atoms with E-state index in [0.29, 0.717) is 36.8 Å². The lowest BCUT2D eigenvalue weighted by Crippen LogP contribution is -2.14. The molecule has 7 nitrogen and oxygen atoms in total. The van der Waals surface area contributed by atoms with Gasteiger partial charge in [-0.3, -0.25) is 4.79 Å². The lowest BCUT2D eigenvalue weighted by Gasteiger charge is -2.13. The molecule has 144 valence electrons. The van der Waals surface area contributed by atoms with Crippen molar-refractivity contribution in [3.05, 3.63) is 63.7 Å². The first kappa shape index (κ1) is 18.0. The number of nitrogens with zero attached hydrogens (tertiary/aromatic N) is 2. The molecule has 4 rings (SSSR count). The third-order valence-electron chi connectivity index (χ3n) is 4.74. The van der Waals surface area contributed by atoms with Crippen molar-refractivity contribution >= 4 is 5.82 Å². The Bertz CT molecular complexity index is 1040. The van der Waals surface area contributed by atoms with Crippen molar-refractivity contribution in [2.45, 2.75) is 26.8 Å². The first-order chi connectivity index (χ1) is 13.6. The number of aromatic amines is 1. The van der Waals surface area contributed by atoms with E-state index in [1.54, 1.807) is 13.1 Å². The summed E-state index contributed by atoms with van der Waals surface area (Å²) < 4.78 is 11.6. The minimum absolute atomic E-state index is 0.128. The molecule has 7 heteroatoms. The van der Waals surface area contributed by atoms with Crippen molar-refractivity contribution in [3.8, 4) is 22.9 Å². The number of fused-ring (bicyclic) bond motifs is 1. The summed E-state index contributed by atoms with van der Waals surface area (Å²) in [6.07, 6.45) is 2.57. The third-order valence-corrected chi connectivity index (χ3v) is 4.74. The minimum atomic E-state index is -0.128. The second-order valence-corrected chi connectivity index (χ2v) is 6.71. The molecule has 0 saturated carbocycles. The van der Waals surface area contributed by atoms with E-state index in [1.807, 2.05) is 37.3 Å². The number of H-pyrrole nitrogens is 1. The predicted molar refractivity (Wildman–Crippen MR) is 107 cm³/mol. The molecule has 28 heavy (non-hydrogen) atoms. The molecule has 0 unspecified atom stereocenters. The van der Waals surface area contributed by atoms with Gasteiger partial charge in [-0.2, -0.15) is 0 Å². The normalized spacial score (nSPS) is 13.1. The van der Waals surface area contributed by atoms with E-state index in [-0.39, 0.29) is 5.56 Å². The molecule has 1 aliphatic rings. The molecule has 3 heterocycles. The molecule has 0 fully saturated rings. The van der Waals surface area contributed by atoms with Crippen molar-refractivity contribution in [3.63, 3.8) is 0 Å². The quantitative estimate of drug-likeness (QED) is 0.725. The second kappa shape index (κ2) is 7.72. The Morgan fingerprint density at radius 1 is 1.14 bits per heavy atom. The molecule has 1 aromatic carbocycles. The molecular formula is C21H22N4O3. The van der Waals surface area contributed by atoms with Gasteiger partial charge in [-0.25, -0.2) is 9.97 Å². The van der Waals surface area contributed by atoms with Gasteiger partial charge in [-0.05, 0) is 32.0 Å². The Morgan fingerprint density at radius 3 is 2.79 bits per heavy atom. The number of hydrogen-bond acceptors (Lipinski definition) is 6. The van der Waals surface area contributed by atoms with Crippen LogP contribution < -0.4 is 20.3 Å². The Kier molecular flexibility index (Phi) is 4.97. The number of pyridine rings is 1. The van der Waals surface area contributed by atoms with Crippen LogP contribution in [0.15, 0.2) is 41.3 Å². The highest BCUT2D eigenvalue weighted by molar-refractivity contribution is 5.56. The summed E-state index contributed by atoms with van der Waals surface area (Å²) in [6.45, 7) is 5.47. The summed E-state index contributed by atoms with van der Waals surface area (Å²) in [6, 6.07) is 9.65. The average molecular weight is 378 g/mol. The summed E-state index contributed by atoms with van der Waals surface area (Å²) in [5.41, 5.74) is 2.99. The zero-order chi connectivity index (χ0) is 19.5. The van der Waals surface area contributed by atoms with Gasteiger partial charge < -0.3 is 19.8 Å². The molecule has 1 aliphatic heterocycles. The Morgan fingerprint density at radius 2 is 2.00 bits per heavy atom. The van der Waals surface area contributed by atoms with Gasteiger partial charge in [0.15, 0.2) is 11.5 Å². The highest BCUT2D eigenvalue weighted by Gasteiger charge is 2.14. The molecule has 2 aromatic heterocycles. The fourth-order valence-corrected chi connectivity index (χ4v) is 3.00. The van der Waals surface area contributed by atoms with E-state index in [2.05, 4.69) is 20.3 Å². The number of para-hydroxylation sites is 1. The second-order valence-electron chi connectivity index (χ2n) is 6.71. The van der Waals surface area contributed by atoms with Crippen LogP contribution in [0.4, 0.5) is 5.82 Å². The fraction of sp³-hybridized carbons (Fsp3) is 0.286. The maximum absolute atomic E-state index is 12.0. The monoisotopic (exact) mass is 378 g/mol. The Labute approximate surface area is 162 Å². The van der Waals surface area contributed by atoms with Gasteiger partial charge in [0.2, 0.25) is 0 Å². The largest absolute Gasteiger partial charge is 0.490 e. The summed E-state index contributed by atoms with van der Waals surface area (Å²) in [7, 11) is 0. The Hall–Kier alpha value is -3.35. The molecule has 0 radical (unpaired) electrons. The minimum Gasteiger partial charge on any atom is -0.490 e. The smallest absolute Gasteiger partial charge is 0.254 e. The SMILES string of the molecule is Cc1nc(-c2ccc(NCc3cccc4c3OCCCO4)nc2)[nH]c(=O)c1C. The van der Waals surface area contributed by atoms with Crippen LogP contribution in [0, 0.1) is 13.8 Å². The number of ether oxygens (including phenoxy) is 2. The fourth-order valence-electron chi connectivity index (χ4n) is 3.00. The van der Waals surface area contributed by atoms with Gasteiger partial charge in [0.05, 0.1) is 13.2 Å². The van der Waals surface area contributed by atoms with E-state index >= 15 is 0 Å². The lowest BCUT2D eigenvalue weighted by atomic mass is 10.2. The molecule has 0 amide bonds. The van der Waals surface area contributed by atoms with Crippen LogP contribution in [-0.2, 0) is 6.54 Å². The van der Waals surface area contributed by atoms with Crippen LogP contribution in [0.3, 0.4) is 0 Å². The van der Waals surface area contributed by atoms with E-state index in [4.69, 9.17) is 9.47 Å². The molecule has 0 bridgehead atoms. The standard InChI is InChI=1S/C21H22N4O3/c1-13-14(2)24-20(25-21(13)26)16-7-8-18(23-12-16)22-11-15-5-3-6-17-19(15)28-10-4-9-27-17/h3,5-8,12H,4,9-11H2,1-2H3,(H,22,23)(H,24,25,26). The first-order valence-electron chi connectivity index (χ1n) is 9.27. The van der Waals surface area contributed by atoms with Crippen molar-refractivity contribution in [2.24, 2.45) is 0 Å². The number of nitrogens with one attached hydrogen (secondary N) is 2. The number of rotatable bonds is 4. The number of aryl methyl sites for hydroxylation is 1. The van der Waals surface area contributed by atoms with Gasteiger partial charge in [0.25, 0.3) is 5.56 Å². The predicted octanol–water partition coefficient (Wildman–Crippen LogP) is 3.22. The van der Waals surface area contributed by atoms with Gasteiger partial charge in [0, 0.05) is 41.5 Å². The zero-order valence-corrected chi connectivity index (χ0v) is 15.9. The van der Waals surface area contributed by atoms with Crippen LogP contribution in [0.1, 0.15) is 23.2 Å². The highest BCUT2D eigenvalue weighted by atomic mass is 16.5. The molecular weight excluding hydrogens is 356 g/mol. The number of hydrogen-bond donors (Lipinski definition) is 2. The maximum atomic E-state index is 12.0. The summed E-state index contributed by atoms with van der Waals surface area (Å²) in [4.78, 5) is 23.6. The molecule has 0 aliphatic carbocycles. The first-order valence-corrected chi connectivity index (χ1v) is 9.27. The molecule has 0 spiro atoms. The van der Waals surface area contributed by atoms with Gasteiger partial charge in [-0.15, -0.1) is 0 Å². The van der Waals surface area contributed by atoms with E-state index < -0.39 is 0 Å². The summed E-state index contributed by atoms with van der Waals surface area (Å²) in [5.74, 6) is 2.82. The van der Waals surface area contributed by atoms with Crippen molar-refractivity contribution in [1.29, 1.82) is 0 Å². The van der Waals surface area contributed by atoms with Crippen LogP contribution >= 0.6 is 0 Å². The topological polar surface area (TPSA) is 89.1 Å². The average Bonchev–Trinajstić information content (AvgIpc) is 2.96. The third kappa shape index (κ3) is 3.69. The van der Waals surface area contributed by atoms with E-state index in [1.165, 1.54) is 0 Å². The van der Waals surface area contributed by atoms with Crippen molar-refractivity contribution < 1.29 is 9.47 Å². The van der Waals surface area contributed by atoms with Crippen LogP contribution in [0.25, 0.3) is 11.4 Å².